The quantitative estimate of drug-likeness (QED) is 0.709. The van der Waals surface area contributed by atoms with Crippen LogP contribution in [0.1, 0.15) is 16.2 Å². The molecular weight excluding hydrogens is 340 g/mol. The molecule has 7 heteroatoms. The van der Waals surface area contributed by atoms with Crippen molar-refractivity contribution in [3.8, 4) is 0 Å². The van der Waals surface area contributed by atoms with E-state index in [0.717, 1.165) is 11.0 Å². The largest absolute Gasteiger partial charge is 0.368 e. The molecule has 0 aliphatic heterocycles. The van der Waals surface area contributed by atoms with Gasteiger partial charge in [0.05, 0.1) is 11.0 Å². The number of hydrogen-bond donors (Lipinski definition) is 2. The number of nitrogens with two attached hydrogens (primary N) is 1. The minimum Gasteiger partial charge on any atom is -0.368 e. The molecule has 6 nitrogen and oxygen atoms in total. The number of benzene rings is 2. The lowest BCUT2D eigenvalue weighted by Gasteiger charge is -2.08. The number of primary amides is 1. The van der Waals surface area contributed by atoms with Gasteiger partial charge >= 0.3 is 0 Å². The number of hydrogen-bond acceptors (Lipinski definition) is 3. The van der Waals surface area contributed by atoms with Gasteiger partial charge in [-0.1, -0.05) is 23.7 Å². The summed E-state index contributed by atoms with van der Waals surface area (Å²) in [6.07, 6.45) is 0.487. The fourth-order valence-corrected chi connectivity index (χ4v) is 2.77. The lowest BCUT2D eigenvalue weighted by Crippen LogP contribution is -2.27. The van der Waals surface area contributed by atoms with E-state index in [1.165, 1.54) is 0 Å². The molecule has 3 rings (SSSR count). The highest BCUT2D eigenvalue weighted by molar-refractivity contribution is 6.30. The Morgan fingerprint density at radius 2 is 1.84 bits per heavy atom. The Hall–Kier alpha value is -2.86. The maximum atomic E-state index is 12.1. The summed E-state index contributed by atoms with van der Waals surface area (Å²) < 4.78 is 1.78. The normalized spacial score (nSPS) is 10.8. The van der Waals surface area contributed by atoms with Crippen molar-refractivity contribution in [1.82, 2.24) is 14.9 Å². The van der Waals surface area contributed by atoms with Crippen LogP contribution in [0.15, 0.2) is 48.5 Å². The van der Waals surface area contributed by atoms with Crippen molar-refractivity contribution in [2.45, 2.75) is 13.0 Å². The number of nitrogens with zero attached hydrogens (tertiary/aromatic N) is 2. The maximum Gasteiger partial charge on any atom is 0.251 e. The second-order valence-corrected chi connectivity index (χ2v) is 6.02. The molecule has 0 radical (unpaired) electrons. The molecule has 0 bridgehead atoms. The Morgan fingerprint density at radius 1 is 1.12 bits per heavy atom. The van der Waals surface area contributed by atoms with Crippen LogP contribution in [0.25, 0.3) is 11.0 Å². The summed E-state index contributed by atoms with van der Waals surface area (Å²) in [5.41, 5.74) is 7.52. The Labute approximate surface area is 149 Å². The van der Waals surface area contributed by atoms with Crippen molar-refractivity contribution in [2.24, 2.45) is 5.73 Å². The van der Waals surface area contributed by atoms with Crippen LogP contribution in [0.4, 0.5) is 0 Å². The van der Waals surface area contributed by atoms with E-state index in [1.807, 2.05) is 24.3 Å². The van der Waals surface area contributed by atoms with Gasteiger partial charge in [0, 0.05) is 23.6 Å². The molecule has 2 amide bonds. The fraction of sp³-hybridized carbons (Fsp3) is 0.167. The average Bonchev–Trinajstić information content (AvgIpc) is 2.93. The molecule has 0 fully saturated rings. The lowest BCUT2D eigenvalue weighted by atomic mass is 10.2. The zero-order chi connectivity index (χ0) is 17.8. The summed E-state index contributed by atoms with van der Waals surface area (Å²) in [5, 5.41) is 3.42. The second kappa shape index (κ2) is 7.36. The van der Waals surface area contributed by atoms with E-state index < -0.39 is 5.91 Å². The minimum absolute atomic E-state index is 0.0565. The van der Waals surface area contributed by atoms with Gasteiger partial charge in [-0.2, -0.15) is 0 Å². The Bertz CT molecular complexity index is 918. The number of carbonyl (C=O) groups excluding carboxylic acids is 2. The summed E-state index contributed by atoms with van der Waals surface area (Å²) in [5.74, 6) is 0.0836. The van der Waals surface area contributed by atoms with Gasteiger partial charge < -0.3 is 15.6 Å². The molecule has 0 unspecified atom stereocenters. The standard InChI is InChI=1S/C18H17ClN4O2/c19-13-7-5-12(6-8-13)18(25)21-10-9-17-22-14-3-1-2-4-15(14)23(17)11-16(20)24/h1-8H,9-11H2,(H2,20,24)(H,21,25). The first kappa shape index (κ1) is 17.0. The van der Waals surface area contributed by atoms with E-state index in [-0.39, 0.29) is 12.5 Å². The van der Waals surface area contributed by atoms with Gasteiger partial charge in [0.15, 0.2) is 0 Å². The predicted octanol–water partition coefficient (Wildman–Crippen LogP) is 2.15. The predicted molar refractivity (Wildman–Crippen MR) is 96.4 cm³/mol. The summed E-state index contributed by atoms with van der Waals surface area (Å²) in [4.78, 5) is 28.0. The van der Waals surface area contributed by atoms with Crippen LogP contribution in [0.5, 0.6) is 0 Å². The molecule has 3 aromatic rings. The van der Waals surface area contributed by atoms with Gasteiger partial charge in [0.25, 0.3) is 5.91 Å². The number of halogens is 1. The molecule has 1 aromatic heterocycles. The summed E-state index contributed by atoms with van der Waals surface area (Å²) in [6.45, 7) is 0.449. The van der Waals surface area contributed by atoms with Gasteiger partial charge in [0.1, 0.15) is 12.4 Å². The van der Waals surface area contributed by atoms with E-state index in [2.05, 4.69) is 10.3 Å². The Morgan fingerprint density at radius 3 is 2.56 bits per heavy atom. The Balaban J connectivity index is 1.71. The highest BCUT2D eigenvalue weighted by Crippen LogP contribution is 2.16. The molecule has 128 valence electrons. The van der Waals surface area contributed by atoms with Crippen LogP contribution in [-0.2, 0) is 17.8 Å². The monoisotopic (exact) mass is 356 g/mol. The average molecular weight is 357 g/mol. The first-order chi connectivity index (χ1) is 12.0. The van der Waals surface area contributed by atoms with Gasteiger partial charge in [-0.25, -0.2) is 4.98 Å². The van der Waals surface area contributed by atoms with Crippen molar-refractivity contribution >= 4 is 34.4 Å². The van der Waals surface area contributed by atoms with E-state index in [9.17, 15) is 9.59 Å². The second-order valence-electron chi connectivity index (χ2n) is 5.58. The molecule has 0 aliphatic carbocycles. The van der Waals surface area contributed by atoms with Crippen LogP contribution in [0.3, 0.4) is 0 Å². The van der Waals surface area contributed by atoms with E-state index in [0.29, 0.717) is 29.4 Å². The maximum absolute atomic E-state index is 12.1. The van der Waals surface area contributed by atoms with Crippen LogP contribution >= 0.6 is 11.6 Å². The third kappa shape index (κ3) is 3.97. The van der Waals surface area contributed by atoms with E-state index in [4.69, 9.17) is 17.3 Å². The smallest absolute Gasteiger partial charge is 0.251 e. The van der Waals surface area contributed by atoms with Gasteiger partial charge in [-0.3, -0.25) is 9.59 Å². The van der Waals surface area contributed by atoms with Crippen molar-refractivity contribution in [3.63, 3.8) is 0 Å². The molecule has 0 saturated heterocycles. The first-order valence-electron chi connectivity index (χ1n) is 7.81. The molecule has 0 atom stereocenters. The molecule has 25 heavy (non-hydrogen) atoms. The van der Waals surface area contributed by atoms with Crippen LogP contribution < -0.4 is 11.1 Å². The molecule has 0 spiro atoms. The van der Waals surface area contributed by atoms with Gasteiger partial charge in [-0.15, -0.1) is 0 Å². The van der Waals surface area contributed by atoms with Crippen molar-refractivity contribution in [1.29, 1.82) is 0 Å². The highest BCUT2D eigenvalue weighted by atomic mass is 35.5. The number of nitrogens with one attached hydrogen (secondary N) is 1. The third-order valence-corrected chi connectivity index (χ3v) is 4.04. The SMILES string of the molecule is NC(=O)Cn1c(CCNC(=O)c2ccc(Cl)cc2)nc2ccccc21. The van der Waals surface area contributed by atoms with Crippen molar-refractivity contribution in [2.75, 3.05) is 6.54 Å². The van der Waals surface area contributed by atoms with Crippen LogP contribution in [0, 0.1) is 0 Å². The number of imidazole rings is 1. The molecular formula is C18H17ClN4O2. The van der Waals surface area contributed by atoms with Crippen LogP contribution in [-0.4, -0.2) is 27.9 Å². The van der Waals surface area contributed by atoms with Gasteiger partial charge in [-0.05, 0) is 36.4 Å². The number of amides is 2. The van der Waals surface area contributed by atoms with Crippen LogP contribution in [0.2, 0.25) is 5.02 Å². The number of fused-ring (bicyclic) bond motifs is 1. The van der Waals surface area contributed by atoms with Crippen molar-refractivity contribution < 1.29 is 9.59 Å². The van der Waals surface area contributed by atoms with Gasteiger partial charge in [0.2, 0.25) is 5.91 Å². The minimum atomic E-state index is -0.436. The zero-order valence-corrected chi connectivity index (χ0v) is 14.2. The molecule has 3 N–H and O–H groups in total. The Kier molecular flexibility index (Phi) is 5.00. The summed E-state index contributed by atoms with van der Waals surface area (Å²) >= 11 is 5.82. The number of carbonyl (C=O) groups is 2. The first-order valence-corrected chi connectivity index (χ1v) is 8.18. The summed E-state index contributed by atoms with van der Waals surface area (Å²) in [6, 6.07) is 14.2. The molecule has 2 aromatic carbocycles. The fourth-order valence-electron chi connectivity index (χ4n) is 2.64. The number of para-hydroxylation sites is 2. The highest BCUT2D eigenvalue weighted by Gasteiger charge is 2.12. The van der Waals surface area contributed by atoms with E-state index in [1.54, 1.807) is 28.8 Å². The molecule has 0 aliphatic rings. The third-order valence-electron chi connectivity index (χ3n) is 3.79. The summed E-state index contributed by atoms with van der Waals surface area (Å²) in [7, 11) is 0. The van der Waals surface area contributed by atoms with E-state index >= 15 is 0 Å². The number of aromatic nitrogens is 2. The lowest BCUT2D eigenvalue weighted by molar-refractivity contribution is -0.118. The molecule has 1 heterocycles. The van der Waals surface area contributed by atoms with Crippen molar-refractivity contribution in [3.05, 3.63) is 64.9 Å². The number of rotatable bonds is 6. The molecule has 0 saturated carbocycles. The zero-order valence-electron chi connectivity index (χ0n) is 13.4. The topological polar surface area (TPSA) is 90.0 Å².